The Bertz CT molecular complexity index is 281. The first-order valence-electron chi connectivity index (χ1n) is 5.83. The maximum Gasteiger partial charge on any atom is 0.0929 e. The van der Waals surface area contributed by atoms with Crippen molar-refractivity contribution in [3.63, 3.8) is 0 Å². The highest BCUT2D eigenvalue weighted by molar-refractivity contribution is 7.09. The van der Waals surface area contributed by atoms with Crippen LogP contribution in [0.2, 0.25) is 0 Å². The number of rotatable bonds is 6. The Balaban J connectivity index is 2.48. The van der Waals surface area contributed by atoms with E-state index in [1.165, 1.54) is 11.4 Å². The van der Waals surface area contributed by atoms with Crippen molar-refractivity contribution in [2.45, 2.75) is 52.5 Å². The Labute approximate surface area is 96.9 Å². The van der Waals surface area contributed by atoms with Crippen molar-refractivity contribution in [2.24, 2.45) is 11.7 Å². The van der Waals surface area contributed by atoms with Crippen molar-refractivity contribution in [3.05, 3.63) is 16.1 Å². The molecule has 0 aromatic carbocycles. The molecule has 0 radical (unpaired) electrons. The molecule has 1 atom stereocenters. The number of hydrogen-bond acceptors (Lipinski definition) is 3. The maximum atomic E-state index is 6.02. The van der Waals surface area contributed by atoms with Crippen LogP contribution in [0.25, 0.3) is 0 Å². The molecule has 1 rings (SSSR count). The molecule has 1 aromatic heterocycles. The van der Waals surface area contributed by atoms with Crippen LogP contribution in [0.1, 0.15) is 56.8 Å². The average Bonchev–Trinajstić information content (AvgIpc) is 2.63. The predicted molar refractivity (Wildman–Crippen MR) is 67.1 cm³/mol. The second-order valence-electron chi connectivity index (χ2n) is 4.49. The second kappa shape index (κ2) is 6.23. The molecular formula is C12H22N2S. The molecule has 86 valence electrons. The monoisotopic (exact) mass is 226 g/mol. The number of nitrogens with two attached hydrogens (primary N) is 1. The zero-order chi connectivity index (χ0) is 11.3. The van der Waals surface area contributed by atoms with Gasteiger partial charge in [0.05, 0.1) is 10.7 Å². The Kier molecular flexibility index (Phi) is 5.26. The lowest BCUT2D eigenvalue weighted by Gasteiger charge is -2.05. The molecule has 1 unspecified atom stereocenters. The largest absolute Gasteiger partial charge is 0.323 e. The number of thiazole rings is 1. The van der Waals surface area contributed by atoms with E-state index in [1.54, 1.807) is 11.3 Å². The van der Waals surface area contributed by atoms with Gasteiger partial charge in [0.1, 0.15) is 0 Å². The summed E-state index contributed by atoms with van der Waals surface area (Å²) >= 11 is 1.75. The minimum absolute atomic E-state index is 0.138. The Morgan fingerprint density at radius 3 is 2.73 bits per heavy atom. The van der Waals surface area contributed by atoms with Gasteiger partial charge < -0.3 is 5.73 Å². The van der Waals surface area contributed by atoms with Gasteiger partial charge in [0, 0.05) is 11.4 Å². The van der Waals surface area contributed by atoms with Gasteiger partial charge in [-0.25, -0.2) is 4.98 Å². The van der Waals surface area contributed by atoms with Gasteiger partial charge in [-0.2, -0.15) is 0 Å². The normalized spacial score (nSPS) is 13.4. The highest BCUT2D eigenvalue weighted by Gasteiger charge is 2.09. The van der Waals surface area contributed by atoms with Crippen LogP contribution < -0.4 is 5.73 Å². The second-order valence-corrected chi connectivity index (χ2v) is 5.44. The van der Waals surface area contributed by atoms with E-state index in [1.807, 2.05) is 0 Å². The van der Waals surface area contributed by atoms with Crippen LogP contribution in [0.3, 0.4) is 0 Å². The number of aryl methyl sites for hydroxylation is 1. The van der Waals surface area contributed by atoms with Crippen LogP contribution in [0.5, 0.6) is 0 Å². The summed E-state index contributed by atoms with van der Waals surface area (Å²) in [6.45, 7) is 6.65. The Morgan fingerprint density at radius 1 is 1.40 bits per heavy atom. The van der Waals surface area contributed by atoms with Crippen molar-refractivity contribution in [1.82, 2.24) is 4.98 Å². The lowest BCUT2D eigenvalue weighted by atomic mass is 10.1. The van der Waals surface area contributed by atoms with E-state index in [-0.39, 0.29) is 6.04 Å². The van der Waals surface area contributed by atoms with Crippen LogP contribution in [-0.2, 0) is 6.42 Å². The van der Waals surface area contributed by atoms with Crippen molar-refractivity contribution >= 4 is 11.3 Å². The molecule has 2 N–H and O–H groups in total. The molecule has 2 nitrogen and oxygen atoms in total. The summed E-state index contributed by atoms with van der Waals surface area (Å²) in [5.41, 5.74) is 7.10. The zero-order valence-corrected chi connectivity index (χ0v) is 10.8. The lowest BCUT2D eigenvalue weighted by molar-refractivity contribution is 0.581. The summed E-state index contributed by atoms with van der Waals surface area (Å²) in [4.78, 5) is 4.59. The summed E-state index contributed by atoms with van der Waals surface area (Å²) in [5.74, 6) is 0.752. The molecule has 1 aromatic rings. The van der Waals surface area contributed by atoms with Crippen LogP contribution in [0.15, 0.2) is 5.38 Å². The van der Waals surface area contributed by atoms with Crippen LogP contribution in [0.4, 0.5) is 0 Å². The average molecular weight is 226 g/mol. The molecule has 0 spiro atoms. The Morgan fingerprint density at radius 2 is 2.13 bits per heavy atom. The van der Waals surface area contributed by atoms with Gasteiger partial charge in [-0.05, 0) is 25.2 Å². The maximum absolute atomic E-state index is 6.02. The summed E-state index contributed by atoms with van der Waals surface area (Å²) in [6, 6.07) is 0.138. The van der Waals surface area contributed by atoms with Gasteiger partial charge in [-0.15, -0.1) is 11.3 Å². The van der Waals surface area contributed by atoms with Crippen molar-refractivity contribution in [2.75, 3.05) is 0 Å². The third kappa shape index (κ3) is 4.31. The van der Waals surface area contributed by atoms with Crippen molar-refractivity contribution < 1.29 is 0 Å². The summed E-state index contributed by atoms with van der Waals surface area (Å²) < 4.78 is 0. The van der Waals surface area contributed by atoms with Crippen LogP contribution in [0, 0.1) is 5.92 Å². The molecular weight excluding hydrogens is 204 g/mol. The predicted octanol–water partition coefficient (Wildman–Crippen LogP) is 3.53. The number of aromatic nitrogens is 1. The van der Waals surface area contributed by atoms with Crippen LogP contribution >= 0.6 is 11.3 Å². The van der Waals surface area contributed by atoms with E-state index in [0.29, 0.717) is 0 Å². The standard InChI is InChI=1S/C12H22N2S/c1-4-5-10(13)11-8-15-12(14-11)7-6-9(2)3/h8-10H,4-7,13H2,1-3H3. The molecule has 1 heterocycles. The van der Waals surface area contributed by atoms with Gasteiger partial charge in [0.25, 0.3) is 0 Å². The SMILES string of the molecule is CCCC(N)c1csc(CCC(C)C)n1. The van der Waals surface area contributed by atoms with Crippen molar-refractivity contribution in [3.8, 4) is 0 Å². The minimum atomic E-state index is 0.138. The summed E-state index contributed by atoms with van der Waals surface area (Å²) in [7, 11) is 0. The van der Waals surface area contributed by atoms with E-state index in [9.17, 15) is 0 Å². The van der Waals surface area contributed by atoms with Gasteiger partial charge in [0.15, 0.2) is 0 Å². The molecule has 0 saturated heterocycles. The van der Waals surface area contributed by atoms with E-state index >= 15 is 0 Å². The molecule has 0 fully saturated rings. The third-order valence-corrected chi connectivity index (χ3v) is 3.41. The molecule has 0 aliphatic carbocycles. The molecule has 0 bridgehead atoms. The Hall–Kier alpha value is -0.410. The highest BCUT2D eigenvalue weighted by Crippen LogP contribution is 2.20. The number of hydrogen-bond donors (Lipinski definition) is 1. The number of nitrogens with zero attached hydrogens (tertiary/aromatic N) is 1. The molecule has 3 heteroatoms. The van der Waals surface area contributed by atoms with E-state index in [4.69, 9.17) is 5.73 Å². The molecule has 0 saturated carbocycles. The van der Waals surface area contributed by atoms with Gasteiger partial charge in [-0.1, -0.05) is 27.2 Å². The first-order valence-corrected chi connectivity index (χ1v) is 6.71. The molecule has 0 aliphatic heterocycles. The topological polar surface area (TPSA) is 38.9 Å². The van der Waals surface area contributed by atoms with Gasteiger partial charge in [-0.3, -0.25) is 0 Å². The van der Waals surface area contributed by atoms with E-state index in [0.717, 1.165) is 30.9 Å². The van der Waals surface area contributed by atoms with E-state index < -0.39 is 0 Å². The quantitative estimate of drug-likeness (QED) is 0.806. The van der Waals surface area contributed by atoms with E-state index in [2.05, 4.69) is 31.1 Å². The van der Waals surface area contributed by atoms with Crippen LogP contribution in [-0.4, -0.2) is 4.98 Å². The first kappa shape index (κ1) is 12.7. The fraction of sp³-hybridized carbons (Fsp3) is 0.750. The molecule has 15 heavy (non-hydrogen) atoms. The molecule has 0 amide bonds. The summed E-state index contributed by atoms with van der Waals surface area (Å²) in [6.07, 6.45) is 4.48. The van der Waals surface area contributed by atoms with Crippen molar-refractivity contribution in [1.29, 1.82) is 0 Å². The minimum Gasteiger partial charge on any atom is -0.323 e. The highest BCUT2D eigenvalue weighted by atomic mass is 32.1. The molecule has 0 aliphatic rings. The smallest absolute Gasteiger partial charge is 0.0929 e. The van der Waals surface area contributed by atoms with Gasteiger partial charge in [0.2, 0.25) is 0 Å². The van der Waals surface area contributed by atoms with Gasteiger partial charge >= 0.3 is 0 Å². The lowest BCUT2D eigenvalue weighted by Crippen LogP contribution is -2.10. The summed E-state index contributed by atoms with van der Waals surface area (Å²) in [5, 5.41) is 3.36. The fourth-order valence-corrected chi connectivity index (χ4v) is 2.36. The zero-order valence-electron chi connectivity index (χ0n) is 9.99. The fourth-order valence-electron chi connectivity index (χ4n) is 1.48. The first-order chi connectivity index (χ1) is 7.13. The third-order valence-electron chi connectivity index (χ3n) is 2.48.